The number of fused-ring (bicyclic) bond motifs is 3. The minimum absolute atomic E-state index is 0.00891. The Kier molecular flexibility index (Phi) is 3.08. The molecule has 2 heterocycles. The highest BCUT2D eigenvalue weighted by molar-refractivity contribution is 5.83. The fourth-order valence-corrected chi connectivity index (χ4v) is 4.64. The van der Waals surface area contributed by atoms with Crippen molar-refractivity contribution in [3.63, 3.8) is 0 Å². The number of rotatable bonds is 2. The number of aromatic nitrogens is 1. The van der Waals surface area contributed by atoms with Gasteiger partial charge in [-0.05, 0) is 60.7 Å². The topological polar surface area (TPSA) is 49.4 Å². The van der Waals surface area contributed by atoms with Crippen molar-refractivity contribution in [2.24, 2.45) is 11.8 Å². The van der Waals surface area contributed by atoms with Gasteiger partial charge in [-0.3, -0.25) is 10.3 Å². The summed E-state index contributed by atoms with van der Waals surface area (Å²) in [6.07, 6.45) is 8.48. The van der Waals surface area contributed by atoms with Gasteiger partial charge in [0.15, 0.2) is 0 Å². The van der Waals surface area contributed by atoms with Crippen molar-refractivity contribution < 1.29 is 4.84 Å². The molecule has 5 heteroatoms. The van der Waals surface area contributed by atoms with E-state index in [1.807, 2.05) is 18.3 Å². The standard InChI is InChI=1S/C18H22N4O/c1-2-4-15-11-19-17(9-14(15)3-1)21-22-20-12-18(23-22)10-13-5-7-16(18)8-6-13/h1-4,9,11,13,16,20H,5-8,10,12H2,(H,19,21)/t13?,16?,18-/m1/s1. The average molecular weight is 310 g/mol. The van der Waals surface area contributed by atoms with Crippen molar-refractivity contribution in [1.82, 2.24) is 15.7 Å². The maximum absolute atomic E-state index is 6.31. The van der Waals surface area contributed by atoms with E-state index in [0.717, 1.165) is 23.7 Å². The Balaban J connectivity index is 1.33. The van der Waals surface area contributed by atoms with Crippen molar-refractivity contribution in [2.75, 3.05) is 12.0 Å². The quantitative estimate of drug-likeness (QED) is 0.891. The van der Waals surface area contributed by atoms with Crippen molar-refractivity contribution in [3.8, 4) is 0 Å². The fourth-order valence-electron chi connectivity index (χ4n) is 4.64. The van der Waals surface area contributed by atoms with Gasteiger partial charge in [-0.2, -0.15) is 0 Å². The molecule has 3 saturated carbocycles. The zero-order chi connectivity index (χ0) is 15.3. The molecule has 1 aromatic heterocycles. The molecular weight excluding hydrogens is 288 g/mol. The predicted molar refractivity (Wildman–Crippen MR) is 89.1 cm³/mol. The number of hydrogen-bond donors (Lipinski definition) is 2. The van der Waals surface area contributed by atoms with Crippen LogP contribution in [0.2, 0.25) is 0 Å². The summed E-state index contributed by atoms with van der Waals surface area (Å²) in [4.78, 5) is 10.8. The molecule has 3 aliphatic carbocycles. The maximum Gasteiger partial charge on any atom is 0.143 e. The third kappa shape index (κ3) is 2.31. The van der Waals surface area contributed by atoms with Crippen LogP contribution in [0.15, 0.2) is 36.5 Å². The van der Waals surface area contributed by atoms with Crippen molar-refractivity contribution >= 4 is 16.6 Å². The number of pyridine rings is 1. The fraction of sp³-hybridized carbons (Fsp3) is 0.500. The first-order valence-electron chi connectivity index (χ1n) is 8.65. The average Bonchev–Trinajstić information content (AvgIpc) is 2.98. The third-order valence-electron chi connectivity index (χ3n) is 5.87. The van der Waals surface area contributed by atoms with Crippen LogP contribution in [0.4, 0.5) is 5.82 Å². The molecule has 120 valence electrons. The predicted octanol–water partition coefficient (Wildman–Crippen LogP) is 3.26. The Bertz CT molecular complexity index is 728. The van der Waals surface area contributed by atoms with Crippen LogP contribution in [0.5, 0.6) is 0 Å². The van der Waals surface area contributed by atoms with Crippen LogP contribution in [0.1, 0.15) is 32.1 Å². The number of anilines is 1. The summed E-state index contributed by atoms with van der Waals surface area (Å²) in [5.74, 6) is 2.34. The van der Waals surface area contributed by atoms with Gasteiger partial charge in [0.1, 0.15) is 11.4 Å². The van der Waals surface area contributed by atoms with E-state index in [2.05, 4.69) is 34.0 Å². The lowest BCUT2D eigenvalue weighted by Crippen LogP contribution is -2.50. The summed E-state index contributed by atoms with van der Waals surface area (Å²) in [5.41, 5.74) is 6.60. The molecule has 0 unspecified atom stereocenters. The van der Waals surface area contributed by atoms with E-state index in [4.69, 9.17) is 4.84 Å². The molecule has 0 amide bonds. The molecule has 2 aromatic rings. The second kappa shape index (κ2) is 5.16. The summed E-state index contributed by atoms with van der Waals surface area (Å²) in [5, 5.41) is 4.00. The van der Waals surface area contributed by atoms with Gasteiger partial charge in [0.05, 0.1) is 0 Å². The van der Waals surface area contributed by atoms with E-state index >= 15 is 0 Å². The molecule has 23 heavy (non-hydrogen) atoms. The van der Waals surface area contributed by atoms with E-state index in [0.29, 0.717) is 5.92 Å². The van der Waals surface area contributed by atoms with Gasteiger partial charge >= 0.3 is 0 Å². The van der Waals surface area contributed by atoms with Gasteiger partial charge in [-0.1, -0.05) is 24.3 Å². The van der Waals surface area contributed by atoms with Crippen molar-refractivity contribution in [3.05, 3.63) is 36.5 Å². The lowest BCUT2D eigenvalue weighted by Gasteiger charge is -2.47. The number of benzene rings is 1. The maximum atomic E-state index is 6.31. The highest BCUT2D eigenvalue weighted by atomic mass is 16.8. The first-order valence-corrected chi connectivity index (χ1v) is 8.65. The van der Waals surface area contributed by atoms with E-state index in [-0.39, 0.29) is 5.60 Å². The minimum atomic E-state index is -0.00891. The van der Waals surface area contributed by atoms with Crippen molar-refractivity contribution in [1.29, 1.82) is 0 Å². The Labute approximate surface area is 135 Å². The summed E-state index contributed by atoms with van der Waals surface area (Å²) < 4.78 is 0. The van der Waals surface area contributed by atoms with Gasteiger partial charge in [-0.15, -0.1) is 0 Å². The molecule has 1 spiro atoms. The summed E-state index contributed by atoms with van der Waals surface area (Å²) in [6, 6.07) is 10.3. The molecular formula is C18H22N4O. The minimum Gasteiger partial charge on any atom is -0.265 e. The lowest BCUT2D eigenvalue weighted by molar-refractivity contribution is -0.235. The van der Waals surface area contributed by atoms with Crippen LogP contribution < -0.4 is 10.9 Å². The monoisotopic (exact) mass is 310 g/mol. The summed E-state index contributed by atoms with van der Waals surface area (Å²) in [7, 11) is 0. The van der Waals surface area contributed by atoms with Crippen LogP contribution in [0.3, 0.4) is 0 Å². The number of nitrogens with zero attached hydrogens (tertiary/aromatic N) is 2. The molecule has 6 rings (SSSR count). The lowest BCUT2D eigenvalue weighted by atomic mass is 9.62. The number of nitrogens with one attached hydrogen (secondary N) is 2. The van der Waals surface area contributed by atoms with Gasteiger partial charge in [0.2, 0.25) is 0 Å². The molecule has 2 N–H and O–H groups in total. The number of hydrazine groups is 2. The molecule has 4 aliphatic rings. The number of hydrogen-bond acceptors (Lipinski definition) is 5. The molecule has 5 nitrogen and oxygen atoms in total. The second-order valence-electron chi connectivity index (χ2n) is 7.24. The Morgan fingerprint density at radius 2 is 2.00 bits per heavy atom. The zero-order valence-electron chi connectivity index (χ0n) is 13.2. The molecule has 0 radical (unpaired) electrons. The van der Waals surface area contributed by atoms with Crippen molar-refractivity contribution in [2.45, 2.75) is 37.7 Å². The molecule has 4 fully saturated rings. The van der Waals surface area contributed by atoms with E-state index < -0.39 is 0 Å². The smallest absolute Gasteiger partial charge is 0.143 e. The molecule has 1 atom stereocenters. The largest absolute Gasteiger partial charge is 0.265 e. The molecule has 1 aromatic carbocycles. The summed E-state index contributed by atoms with van der Waals surface area (Å²) in [6.45, 7) is 0.898. The van der Waals surface area contributed by atoms with Gasteiger partial charge < -0.3 is 0 Å². The first-order chi connectivity index (χ1) is 11.3. The first kappa shape index (κ1) is 13.7. The van der Waals surface area contributed by atoms with Gasteiger partial charge in [0, 0.05) is 18.1 Å². The van der Waals surface area contributed by atoms with E-state index in [1.165, 1.54) is 37.5 Å². The van der Waals surface area contributed by atoms with Crippen LogP contribution in [0, 0.1) is 11.8 Å². The second-order valence-corrected chi connectivity index (χ2v) is 7.24. The summed E-state index contributed by atoms with van der Waals surface area (Å²) >= 11 is 0. The Morgan fingerprint density at radius 1 is 1.17 bits per heavy atom. The third-order valence-corrected chi connectivity index (χ3v) is 5.87. The molecule has 2 bridgehead atoms. The highest BCUT2D eigenvalue weighted by Crippen LogP contribution is 2.50. The van der Waals surface area contributed by atoms with Gasteiger partial charge in [-0.25, -0.2) is 10.4 Å². The van der Waals surface area contributed by atoms with E-state index in [9.17, 15) is 0 Å². The van der Waals surface area contributed by atoms with Crippen LogP contribution >= 0.6 is 0 Å². The SMILES string of the molecule is c1ccc2cc(NN3NC[C@@]4(CC5CCC4CC5)O3)ncc2c1. The molecule has 1 saturated heterocycles. The highest BCUT2D eigenvalue weighted by Gasteiger charge is 2.52. The van der Waals surface area contributed by atoms with Crippen LogP contribution in [-0.4, -0.2) is 22.4 Å². The Morgan fingerprint density at radius 3 is 2.78 bits per heavy atom. The zero-order valence-corrected chi connectivity index (χ0v) is 13.2. The molecule has 1 aliphatic heterocycles. The van der Waals surface area contributed by atoms with Crippen LogP contribution in [0.25, 0.3) is 10.8 Å². The van der Waals surface area contributed by atoms with Crippen LogP contribution in [-0.2, 0) is 4.84 Å². The van der Waals surface area contributed by atoms with Gasteiger partial charge in [0.25, 0.3) is 0 Å². The van der Waals surface area contributed by atoms with E-state index in [1.54, 1.807) is 5.28 Å². The Hall–Kier alpha value is -1.69. The normalized spacial score (nSPS) is 33.6.